The number of benzene rings is 2. The van der Waals surface area contributed by atoms with Crippen molar-refractivity contribution in [1.82, 2.24) is 0 Å². The van der Waals surface area contributed by atoms with Gasteiger partial charge in [0.15, 0.2) is 0 Å². The summed E-state index contributed by atoms with van der Waals surface area (Å²) in [5, 5.41) is 2.70. The first-order valence-electron chi connectivity index (χ1n) is 6.33. The molecule has 0 heterocycles. The molecule has 0 bridgehead atoms. The van der Waals surface area contributed by atoms with Crippen LogP contribution in [0.4, 0.5) is 15.8 Å². The van der Waals surface area contributed by atoms with Crippen molar-refractivity contribution >= 4 is 17.3 Å². The number of rotatable bonds is 4. The van der Waals surface area contributed by atoms with Crippen molar-refractivity contribution in [2.24, 2.45) is 0 Å². The van der Waals surface area contributed by atoms with Crippen LogP contribution >= 0.6 is 0 Å². The Bertz CT molecular complexity index is 608. The third-order valence-corrected chi connectivity index (χ3v) is 2.91. The molecule has 1 amide bonds. The molecule has 0 atom stereocenters. The number of amides is 1. The number of carbonyl (C=O) groups excluding carboxylic acids is 1. The van der Waals surface area contributed by atoms with Crippen molar-refractivity contribution in [2.75, 3.05) is 11.1 Å². The molecule has 0 fully saturated rings. The van der Waals surface area contributed by atoms with Gasteiger partial charge in [0.2, 0.25) is 0 Å². The minimum atomic E-state index is -0.488. The fraction of sp³-hybridized carbons (Fsp3) is 0.125. The number of halogens is 1. The molecule has 0 aromatic heterocycles. The van der Waals surface area contributed by atoms with E-state index in [-0.39, 0.29) is 11.3 Å². The first-order chi connectivity index (χ1) is 9.60. The number of nitrogens with two attached hydrogens (primary N) is 1. The second-order valence-corrected chi connectivity index (χ2v) is 4.49. The smallest absolute Gasteiger partial charge is 0.257 e. The molecule has 0 unspecified atom stereocenters. The molecule has 3 N–H and O–H groups in total. The van der Waals surface area contributed by atoms with E-state index in [0.717, 1.165) is 18.1 Å². The zero-order chi connectivity index (χ0) is 14.5. The van der Waals surface area contributed by atoms with E-state index < -0.39 is 11.7 Å². The summed E-state index contributed by atoms with van der Waals surface area (Å²) in [6.45, 7) is 1.99. The van der Waals surface area contributed by atoms with E-state index in [4.69, 9.17) is 5.73 Å². The maximum atomic E-state index is 13.1. The van der Waals surface area contributed by atoms with E-state index in [9.17, 15) is 9.18 Å². The summed E-state index contributed by atoms with van der Waals surface area (Å²) in [6, 6.07) is 11.2. The SMILES string of the molecule is C[CH]Cc1ccc(NC(=O)c2cc(F)ccc2N)cc1. The quantitative estimate of drug-likeness (QED) is 0.837. The zero-order valence-corrected chi connectivity index (χ0v) is 11.2. The summed E-state index contributed by atoms with van der Waals surface area (Å²) >= 11 is 0. The van der Waals surface area contributed by atoms with Crippen LogP contribution in [0.3, 0.4) is 0 Å². The highest BCUT2D eigenvalue weighted by molar-refractivity contribution is 6.07. The first-order valence-corrected chi connectivity index (χ1v) is 6.33. The summed E-state index contributed by atoms with van der Waals surface area (Å²) in [4.78, 5) is 12.0. The summed E-state index contributed by atoms with van der Waals surface area (Å²) in [7, 11) is 0. The monoisotopic (exact) mass is 271 g/mol. The van der Waals surface area contributed by atoms with Crippen LogP contribution in [-0.2, 0) is 6.42 Å². The highest BCUT2D eigenvalue weighted by Gasteiger charge is 2.11. The van der Waals surface area contributed by atoms with Gasteiger partial charge in [0.1, 0.15) is 5.82 Å². The standard InChI is InChI=1S/C16H16FN2O/c1-2-3-11-4-7-13(8-5-11)19-16(20)14-10-12(17)6-9-15(14)18/h2,4-10H,3,18H2,1H3,(H,19,20). The van der Waals surface area contributed by atoms with Crippen molar-refractivity contribution in [2.45, 2.75) is 13.3 Å². The van der Waals surface area contributed by atoms with Crippen LogP contribution < -0.4 is 11.1 Å². The molecule has 4 heteroatoms. The van der Waals surface area contributed by atoms with E-state index in [1.54, 1.807) is 0 Å². The third-order valence-electron chi connectivity index (χ3n) is 2.91. The van der Waals surface area contributed by atoms with E-state index >= 15 is 0 Å². The molecule has 3 nitrogen and oxygen atoms in total. The van der Waals surface area contributed by atoms with Crippen molar-refractivity contribution in [3.8, 4) is 0 Å². The number of anilines is 2. The topological polar surface area (TPSA) is 55.1 Å². The predicted octanol–water partition coefficient (Wildman–Crippen LogP) is 3.43. The number of hydrogen-bond acceptors (Lipinski definition) is 2. The third kappa shape index (κ3) is 3.35. The van der Waals surface area contributed by atoms with Crippen molar-refractivity contribution < 1.29 is 9.18 Å². The van der Waals surface area contributed by atoms with Gasteiger partial charge in [0.05, 0.1) is 5.56 Å². The Morgan fingerprint density at radius 2 is 1.95 bits per heavy atom. The van der Waals surface area contributed by atoms with Crippen LogP contribution in [0.2, 0.25) is 0 Å². The molecule has 2 aromatic rings. The van der Waals surface area contributed by atoms with Crippen LogP contribution in [0.1, 0.15) is 22.8 Å². The summed E-state index contributed by atoms with van der Waals surface area (Å²) in [5.41, 5.74) is 7.88. The Morgan fingerprint density at radius 3 is 2.60 bits per heavy atom. The maximum absolute atomic E-state index is 13.1. The van der Waals surface area contributed by atoms with Crippen molar-refractivity contribution in [1.29, 1.82) is 0 Å². The molecular weight excluding hydrogens is 255 g/mol. The molecule has 0 spiro atoms. The Labute approximate surface area is 117 Å². The lowest BCUT2D eigenvalue weighted by atomic mass is 10.1. The molecule has 0 saturated carbocycles. The fourth-order valence-electron chi connectivity index (χ4n) is 1.88. The largest absolute Gasteiger partial charge is 0.398 e. The molecule has 1 radical (unpaired) electrons. The van der Waals surface area contributed by atoms with Crippen LogP contribution in [0.25, 0.3) is 0 Å². The average molecular weight is 271 g/mol. The second kappa shape index (κ2) is 6.19. The highest BCUT2D eigenvalue weighted by atomic mass is 19.1. The lowest BCUT2D eigenvalue weighted by molar-refractivity contribution is 0.102. The van der Waals surface area contributed by atoms with Crippen molar-refractivity contribution in [3.63, 3.8) is 0 Å². The summed E-state index contributed by atoms with van der Waals surface area (Å²) in [5.74, 6) is -0.907. The average Bonchev–Trinajstić information content (AvgIpc) is 2.44. The molecule has 0 aliphatic heterocycles. The van der Waals surface area contributed by atoms with Gasteiger partial charge in [-0.3, -0.25) is 4.79 Å². The lowest BCUT2D eigenvalue weighted by Crippen LogP contribution is -2.14. The van der Waals surface area contributed by atoms with E-state index in [2.05, 4.69) is 11.7 Å². The number of nitrogens with one attached hydrogen (secondary N) is 1. The van der Waals surface area contributed by atoms with E-state index in [1.165, 1.54) is 12.1 Å². The second-order valence-electron chi connectivity index (χ2n) is 4.49. The summed E-state index contributed by atoms with van der Waals surface area (Å²) in [6.07, 6.45) is 2.94. The van der Waals surface area contributed by atoms with Crippen molar-refractivity contribution in [3.05, 3.63) is 65.8 Å². The van der Waals surface area contributed by atoms with Crippen LogP contribution in [0.15, 0.2) is 42.5 Å². The van der Waals surface area contributed by atoms with Gasteiger partial charge in [-0.15, -0.1) is 0 Å². The Balaban J connectivity index is 2.13. The highest BCUT2D eigenvalue weighted by Crippen LogP contribution is 2.17. The maximum Gasteiger partial charge on any atom is 0.257 e. The number of hydrogen-bond donors (Lipinski definition) is 2. The molecule has 2 rings (SSSR count). The minimum Gasteiger partial charge on any atom is -0.398 e. The van der Waals surface area contributed by atoms with Crippen LogP contribution in [0, 0.1) is 12.2 Å². The van der Waals surface area contributed by atoms with Gasteiger partial charge in [-0.05, 0) is 48.7 Å². The van der Waals surface area contributed by atoms with Crippen LogP contribution in [0.5, 0.6) is 0 Å². The summed E-state index contributed by atoms with van der Waals surface area (Å²) < 4.78 is 13.1. The lowest BCUT2D eigenvalue weighted by Gasteiger charge is -2.08. The molecular formula is C16H16FN2O. The van der Waals surface area contributed by atoms with Gasteiger partial charge in [0, 0.05) is 11.4 Å². The number of nitrogen functional groups attached to an aromatic ring is 1. The van der Waals surface area contributed by atoms with Crippen LogP contribution in [-0.4, -0.2) is 5.91 Å². The van der Waals surface area contributed by atoms with Gasteiger partial charge in [-0.1, -0.05) is 19.1 Å². The van der Waals surface area contributed by atoms with Gasteiger partial charge in [-0.2, -0.15) is 0 Å². The fourth-order valence-corrected chi connectivity index (χ4v) is 1.88. The molecule has 0 aliphatic rings. The van der Waals surface area contributed by atoms with E-state index in [1.807, 2.05) is 31.2 Å². The molecule has 103 valence electrons. The Hall–Kier alpha value is -2.36. The molecule has 2 aromatic carbocycles. The molecule has 20 heavy (non-hydrogen) atoms. The van der Waals surface area contributed by atoms with E-state index in [0.29, 0.717) is 5.69 Å². The first kappa shape index (κ1) is 14.1. The number of carbonyl (C=O) groups is 1. The van der Waals surface area contributed by atoms with Gasteiger partial charge in [0.25, 0.3) is 5.91 Å². The minimum absolute atomic E-state index is 0.135. The Kier molecular flexibility index (Phi) is 4.35. The normalized spacial score (nSPS) is 10.3. The molecule has 0 saturated heterocycles. The predicted molar refractivity (Wildman–Crippen MR) is 78.9 cm³/mol. The zero-order valence-electron chi connectivity index (χ0n) is 11.2. The van der Waals surface area contributed by atoms with Gasteiger partial charge >= 0.3 is 0 Å². The molecule has 0 aliphatic carbocycles. The Morgan fingerprint density at radius 1 is 1.25 bits per heavy atom. The van der Waals surface area contributed by atoms with Gasteiger partial charge in [-0.25, -0.2) is 4.39 Å². The van der Waals surface area contributed by atoms with Gasteiger partial charge < -0.3 is 11.1 Å².